The van der Waals surface area contributed by atoms with Crippen molar-refractivity contribution in [3.05, 3.63) is 11.8 Å². The van der Waals surface area contributed by atoms with Crippen LogP contribution in [0, 0.1) is 0 Å². The molecule has 1 aromatic heterocycles. The summed E-state index contributed by atoms with van der Waals surface area (Å²) in [5.41, 5.74) is 6.17. The molecular formula is C15H26N4O3. The van der Waals surface area contributed by atoms with Crippen molar-refractivity contribution >= 4 is 11.8 Å². The second kappa shape index (κ2) is 6.66. The molecule has 124 valence electrons. The molecule has 0 amide bonds. The van der Waals surface area contributed by atoms with Crippen LogP contribution < -0.4 is 5.73 Å². The molecule has 7 heteroatoms. The van der Waals surface area contributed by atoms with Crippen molar-refractivity contribution in [1.82, 2.24) is 14.7 Å². The highest BCUT2D eigenvalue weighted by Gasteiger charge is 2.31. The van der Waals surface area contributed by atoms with Crippen molar-refractivity contribution in [2.24, 2.45) is 0 Å². The summed E-state index contributed by atoms with van der Waals surface area (Å²) in [5.74, 6) is -0.0635. The summed E-state index contributed by atoms with van der Waals surface area (Å²) in [7, 11) is 0. The standard InChI is InChI=1S/C15H26N4O3/c1-5-21-14(20)12-8-17-19(13(12)16)7-6-18-9-11(2)22-15(3,4)10-18/h8,11H,5-7,9-10,16H2,1-4H3. The Morgan fingerprint density at radius 1 is 1.55 bits per heavy atom. The van der Waals surface area contributed by atoms with Crippen LogP contribution in [0.1, 0.15) is 38.1 Å². The minimum atomic E-state index is -0.424. The summed E-state index contributed by atoms with van der Waals surface area (Å²) in [6, 6.07) is 0. The van der Waals surface area contributed by atoms with Crippen molar-refractivity contribution in [1.29, 1.82) is 0 Å². The van der Waals surface area contributed by atoms with Gasteiger partial charge in [0.25, 0.3) is 0 Å². The molecule has 0 saturated carbocycles. The van der Waals surface area contributed by atoms with Gasteiger partial charge in [-0.05, 0) is 27.7 Å². The Labute approximate surface area is 131 Å². The van der Waals surface area contributed by atoms with Gasteiger partial charge in [-0.15, -0.1) is 0 Å². The second-order valence-corrected chi connectivity index (χ2v) is 6.31. The zero-order valence-corrected chi connectivity index (χ0v) is 13.8. The van der Waals surface area contributed by atoms with Crippen LogP contribution in [-0.2, 0) is 16.0 Å². The number of ether oxygens (including phenoxy) is 2. The quantitative estimate of drug-likeness (QED) is 0.821. The second-order valence-electron chi connectivity index (χ2n) is 6.31. The summed E-state index contributed by atoms with van der Waals surface area (Å²) >= 11 is 0. The molecule has 1 fully saturated rings. The van der Waals surface area contributed by atoms with Gasteiger partial charge in [0, 0.05) is 19.6 Å². The molecular weight excluding hydrogens is 284 g/mol. The summed E-state index contributed by atoms with van der Waals surface area (Å²) in [6.45, 7) is 11.5. The normalized spacial score (nSPS) is 21.7. The van der Waals surface area contributed by atoms with Gasteiger partial charge < -0.3 is 15.2 Å². The van der Waals surface area contributed by atoms with Gasteiger partial charge in [0.15, 0.2) is 0 Å². The fourth-order valence-electron chi connectivity index (χ4n) is 2.93. The zero-order valence-electron chi connectivity index (χ0n) is 13.8. The highest BCUT2D eigenvalue weighted by atomic mass is 16.5. The number of hydrogen-bond acceptors (Lipinski definition) is 6. The van der Waals surface area contributed by atoms with E-state index in [1.807, 2.05) is 0 Å². The Morgan fingerprint density at radius 2 is 2.27 bits per heavy atom. The molecule has 0 aliphatic carbocycles. The van der Waals surface area contributed by atoms with E-state index in [1.165, 1.54) is 6.20 Å². The fraction of sp³-hybridized carbons (Fsp3) is 0.733. The maximum Gasteiger partial charge on any atom is 0.343 e. The van der Waals surface area contributed by atoms with Gasteiger partial charge in [-0.3, -0.25) is 4.90 Å². The molecule has 0 aromatic carbocycles. The first-order valence-corrected chi connectivity index (χ1v) is 7.71. The summed E-state index contributed by atoms with van der Waals surface area (Å²) in [6.07, 6.45) is 1.67. The number of nitrogens with zero attached hydrogens (tertiary/aromatic N) is 3. The van der Waals surface area contributed by atoms with E-state index in [2.05, 4.69) is 30.8 Å². The van der Waals surface area contributed by atoms with Crippen LogP contribution in [0.25, 0.3) is 0 Å². The fourth-order valence-corrected chi connectivity index (χ4v) is 2.93. The molecule has 1 unspecified atom stereocenters. The molecule has 1 saturated heterocycles. The Balaban J connectivity index is 1.96. The van der Waals surface area contributed by atoms with E-state index in [4.69, 9.17) is 15.2 Å². The van der Waals surface area contributed by atoms with Crippen LogP contribution >= 0.6 is 0 Å². The number of carbonyl (C=O) groups excluding carboxylic acids is 1. The average Bonchev–Trinajstić information content (AvgIpc) is 2.76. The maximum atomic E-state index is 11.7. The Kier molecular flexibility index (Phi) is 5.08. The van der Waals surface area contributed by atoms with E-state index < -0.39 is 5.97 Å². The smallest absolute Gasteiger partial charge is 0.343 e. The van der Waals surface area contributed by atoms with E-state index in [-0.39, 0.29) is 11.7 Å². The minimum absolute atomic E-state index is 0.149. The number of rotatable bonds is 5. The molecule has 1 aliphatic rings. The molecule has 2 heterocycles. The number of esters is 1. The largest absolute Gasteiger partial charge is 0.462 e. The molecule has 2 rings (SSSR count). The lowest BCUT2D eigenvalue weighted by atomic mass is 10.1. The lowest BCUT2D eigenvalue weighted by molar-refractivity contribution is -0.129. The monoisotopic (exact) mass is 310 g/mol. The third-order valence-electron chi connectivity index (χ3n) is 3.64. The van der Waals surface area contributed by atoms with E-state index in [0.717, 1.165) is 19.6 Å². The number of hydrogen-bond donors (Lipinski definition) is 1. The van der Waals surface area contributed by atoms with E-state index in [1.54, 1.807) is 11.6 Å². The molecule has 0 radical (unpaired) electrons. The van der Waals surface area contributed by atoms with Gasteiger partial charge in [-0.2, -0.15) is 5.10 Å². The van der Waals surface area contributed by atoms with Crippen molar-refractivity contribution < 1.29 is 14.3 Å². The lowest BCUT2D eigenvalue weighted by Crippen LogP contribution is -2.52. The molecule has 0 spiro atoms. The first-order chi connectivity index (χ1) is 10.3. The maximum absolute atomic E-state index is 11.7. The lowest BCUT2D eigenvalue weighted by Gasteiger charge is -2.41. The van der Waals surface area contributed by atoms with Gasteiger partial charge in [-0.25, -0.2) is 9.48 Å². The molecule has 22 heavy (non-hydrogen) atoms. The molecule has 2 N–H and O–H groups in total. The SMILES string of the molecule is CCOC(=O)c1cnn(CCN2CC(C)OC(C)(C)C2)c1N. The van der Waals surface area contributed by atoms with Crippen LogP contribution in [0.2, 0.25) is 0 Å². The predicted octanol–water partition coefficient (Wildman–Crippen LogP) is 1.14. The van der Waals surface area contributed by atoms with Crippen molar-refractivity contribution in [3.8, 4) is 0 Å². The van der Waals surface area contributed by atoms with Gasteiger partial charge in [-0.1, -0.05) is 0 Å². The van der Waals surface area contributed by atoms with Crippen LogP contribution in [0.15, 0.2) is 6.20 Å². The number of morpholine rings is 1. The van der Waals surface area contributed by atoms with Gasteiger partial charge in [0.1, 0.15) is 11.4 Å². The van der Waals surface area contributed by atoms with Crippen LogP contribution in [0.3, 0.4) is 0 Å². The number of carbonyl (C=O) groups is 1. The number of aromatic nitrogens is 2. The summed E-state index contributed by atoms with van der Waals surface area (Å²) < 4.78 is 12.5. The molecule has 1 aliphatic heterocycles. The van der Waals surface area contributed by atoms with Gasteiger partial charge in [0.05, 0.1) is 31.1 Å². The van der Waals surface area contributed by atoms with Crippen molar-refractivity contribution in [2.45, 2.75) is 45.9 Å². The predicted molar refractivity (Wildman–Crippen MR) is 83.7 cm³/mol. The molecule has 7 nitrogen and oxygen atoms in total. The van der Waals surface area contributed by atoms with Crippen LogP contribution in [0.5, 0.6) is 0 Å². The Bertz CT molecular complexity index is 527. The van der Waals surface area contributed by atoms with Crippen molar-refractivity contribution in [2.75, 3.05) is 32.0 Å². The third kappa shape index (κ3) is 3.98. The van der Waals surface area contributed by atoms with Gasteiger partial charge in [0.2, 0.25) is 0 Å². The van der Waals surface area contributed by atoms with E-state index >= 15 is 0 Å². The average molecular weight is 310 g/mol. The van der Waals surface area contributed by atoms with E-state index in [9.17, 15) is 4.79 Å². The zero-order chi connectivity index (χ0) is 16.3. The first-order valence-electron chi connectivity index (χ1n) is 7.71. The number of nitrogens with two attached hydrogens (primary N) is 1. The first kappa shape index (κ1) is 16.8. The van der Waals surface area contributed by atoms with Crippen LogP contribution in [-0.4, -0.2) is 58.6 Å². The van der Waals surface area contributed by atoms with Crippen LogP contribution in [0.4, 0.5) is 5.82 Å². The topological polar surface area (TPSA) is 82.6 Å². The van der Waals surface area contributed by atoms with E-state index in [0.29, 0.717) is 24.5 Å². The van der Waals surface area contributed by atoms with Crippen molar-refractivity contribution in [3.63, 3.8) is 0 Å². The molecule has 1 aromatic rings. The number of nitrogen functional groups attached to an aromatic ring is 1. The highest BCUT2D eigenvalue weighted by Crippen LogP contribution is 2.21. The Morgan fingerprint density at radius 3 is 2.91 bits per heavy atom. The summed E-state index contributed by atoms with van der Waals surface area (Å²) in [4.78, 5) is 14.1. The molecule has 0 bridgehead atoms. The Hall–Kier alpha value is -1.60. The minimum Gasteiger partial charge on any atom is -0.462 e. The molecule has 1 atom stereocenters. The highest BCUT2D eigenvalue weighted by molar-refractivity contribution is 5.93. The number of anilines is 1. The summed E-state index contributed by atoms with van der Waals surface area (Å²) in [5, 5.41) is 4.19. The third-order valence-corrected chi connectivity index (χ3v) is 3.64. The van der Waals surface area contributed by atoms with Gasteiger partial charge >= 0.3 is 5.97 Å².